The summed E-state index contributed by atoms with van der Waals surface area (Å²) in [5.41, 5.74) is 2.31. The Bertz CT molecular complexity index is 980. The van der Waals surface area contributed by atoms with Gasteiger partial charge in [-0.2, -0.15) is 0 Å². The Labute approximate surface area is 145 Å². The van der Waals surface area contributed by atoms with Gasteiger partial charge >= 0.3 is 0 Å². The number of amides is 1. The molecule has 1 aromatic heterocycles. The summed E-state index contributed by atoms with van der Waals surface area (Å²) in [7, 11) is -3.58. The van der Waals surface area contributed by atoms with Crippen LogP contribution in [0, 0.1) is 0 Å². The summed E-state index contributed by atoms with van der Waals surface area (Å²) in [5.74, 6) is -0.567. The van der Waals surface area contributed by atoms with Crippen LogP contribution in [0.25, 0.3) is 5.69 Å². The highest BCUT2D eigenvalue weighted by molar-refractivity contribution is 7.88. The lowest BCUT2D eigenvalue weighted by Crippen LogP contribution is -2.16. The zero-order chi connectivity index (χ0) is 17.9. The zero-order valence-electron chi connectivity index (χ0n) is 13.2. The molecule has 0 radical (unpaired) electrons. The quantitative estimate of drug-likeness (QED) is 0.728. The number of anilines is 1. The topological polar surface area (TPSA) is 107 Å². The molecule has 3 aromatic rings. The molecule has 3 N–H and O–H groups in total. The fraction of sp³-hybridized carbons (Fsp3) is 0.0588. The van der Waals surface area contributed by atoms with Crippen molar-refractivity contribution in [3.05, 3.63) is 78.4 Å². The van der Waals surface area contributed by atoms with E-state index in [1.54, 1.807) is 35.2 Å². The van der Waals surface area contributed by atoms with Gasteiger partial charge in [-0.3, -0.25) is 9.36 Å². The summed E-state index contributed by atoms with van der Waals surface area (Å²) >= 11 is 0. The molecule has 1 amide bonds. The van der Waals surface area contributed by atoms with Crippen molar-refractivity contribution in [3.8, 4) is 5.69 Å². The van der Waals surface area contributed by atoms with Crippen LogP contribution >= 0.6 is 0 Å². The number of nitrogens with zero attached hydrogens (tertiary/aromatic N) is 2. The summed E-state index contributed by atoms with van der Waals surface area (Å²) in [5, 5.41) is 7.78. The Balaban J connectivity index is 1.76. The average molecular weight is 356 g/mol. The predicted molar refractivity (Wildman–Crippen MR) is 94.8 cm³/mol. The zero-order valence-corrected chi connectivity index (χ0v) is 14.0. The van der Waals surface area contributed by atoms with Crippen molar-refractivity contribution in [1.29, 1.82) is 0 Å². The first-order valence-electron chi connectivity index (χ1n) is 7.41. The van der Waals surface area contributed by atoms with Crippen molar-refractivity contribution in [2.24, 2.45) is 5.14 Å². The maximum absolute atomic E-state index is 12.5. The fourth-order valence-corrected chi connectivity index (χ4v) is 3.03. The second-order valence-electron chi connectivity index (χ2n) is 5.44. The monoisotopic (exact) mass is 356 g/mol. The predicted octanol–water partition coefficient (Wildman–Crippen LogP) is 1.91. The van der Waals surface area contributed by atoms with Gasteiger partial charge in [-0.25, -0.2) is 18.5 Å². The fourth-order valence-electron chi connectivity index (χ4n) is 2.37. The van der Waals surface area contributed by atoms with Crippen LogP contribution in [0.3, 0.4) is 0 Å². The molecule has 0 aliphatic heterocycles. The van der Waals surface area contributed by atoms with Gasteiger partial charge in [0.05, 0.1) is 18.3 Å². The Hall–Kier alpha value is -2.97. The molecule has 7 nitrogen and oxygen atoms in total. The number of para-hydroxylation sites is 1. The van der Waals surface area contributed by atoms with Gasteiger partial charge in [0, 0.05) is 11.4 Å². The van der Waals surface area contributed by atoms with Crippen LogP contribution in [0.2, 0.25) is 0 Å². The van der Waals surface area contributed by atoms with E-state index in [-0.39, 0.29) is 11.7 Å². The molecule has 8 heteroatoms. The Morgan fingerprint density at radius 2 is 1.76 bits per heavy atom. The molecule has 0 fully saturated rings. The summed E-state index contributed by atoms with van der Waals surface area (Å²) < 4.78 is 23.9. The molecule has 0 unspecified atom stereocenters. The van der Waals surface area contributed by atoms with E-state index in [0.717, 1.165) is 5.69 Å². The van der Waals surface area contributed by atoms with Gasteiger partial charge in [-0.15, -0.1) is 0 Å². The third kappa shape index (κ3) is 4.31. The van der Waals surface area contributed by atoms with Gasteiger partial charge in [-0.05, 0) is 29.8 Å². The van der Waals surface area contributed by atoms with Gasteiger partial charge in [-0.1, -0.05) is 30.3 Å². The number of sulfonamides is 1. The minimum atomic E-state index is -3.58. The number of primary sulfonamides is 1. The molecular weight excluding hydrogens is 340 g/mol. The largest absolute Gasteiger partial charge is 0.321 e. The number of hydrogen-bond acceptors (Lipinski definition) is 4. The molecule has 0 bridgehead atoms. The molecule has 0 aliphatic carbocycles. The molecule has 2 aromatic carbocycles. The first-order valence-corrected chi connectivity index (χ1v) is 9.12. The van der Waals surface area contributed by atoms with E-state index in [9.17, 15) is 13.2 Å². The standard InChI is InChI=1S/C17H16N4O3S/c18-25(23,24)11-13-6-8-14(9-7-13)20-17(22)16-10-19-12-21(16)15-4-2-1-3-5-15/h1-10,12H,11H2,(H,20,22)(H2,18,23,24). The highest BCUT2D eigenvalue weighted by Crippen LogP contribution is 2.15. The Morgan fingerprint density at radius 1 is 1.08 bits per heavy atom. The summed E-state index contributed by atoms with van der Waals surface area (Å²) in [6, 6.07) is 15.9. The maximum atomic E-state index is 12.5. The third-order valence-corrected chi connectivity index (χ3v) is 4.22. The van der Waals surface area contributed by atoms with E-state index in [1.807, 2.05) is 30.3 Å². The minimum absolute atomic E-state index is 0.248. The van der Waals surface area contributed by atoms with E-state index >= 15 is 0 Å². The lowest BCUT2D eigenvalue weighted by molar-refractivity contribution is 0.102. The summed E-state index contributed by atoms with van der Waals surface area (Å²) in [6.07, 6.45) is 3.05. The van der Waals surface area contributed by atoms with E-state index in [2.05, 4.69) is 10.3 Å². The Morgan fingerprint density at radius 3 is 2.40 bits per heavy atom. The molecular formula is C17H16N4O3S. The number of carbonyl (C=O) groups is 1. The molecule has 128 valence electrons. The normalized spacial score (nSPS) is 11.2. The van der Waals surface area contributed by atoms with E-state index in [4.69, 9.17) is 5.14 Å². The molecule has 0 saturated carbocycles. The number of carbonyl (C=O) groups excluding carboxylic acids is 1. The van der Waals surface area contributed by atoms with Gasteiger partial charge in [0.15, 0.2) is 0 Å². The molecule has 3 rings (SSSR count). The van der Waals surface area contributed by atoms with Crippen LogP contribution in [0.15, 0.2) is 67.1 Å². The van der Waals surface area contributed by atoms with Crippen molar-refractivity contribution in [2.75, 3.05) is 5.32 Å². The van der Waals surface area contributed by atoms with Crippen molar-refractivity contribution in [2.45, 2.75) is 5.75 Å². The highest BCUT2D eigenvalue weighted by atomic mass is 32.2. The van der Waals surface area contributed by atoms with E-state index in [0.29, 0.717) is 16.9 Å². The first kappa shape index (κ1) is 16.9. The number of benzene rings is 2. The molecule has 0 atom stereocenters. The third-order valence-electron chi connectivity index (χ3n) is 3.49. The maximum Gasteiger partial charge on any atom is 0.274 e. The van der Waals surface area contributed by atoms with Crippen LogP contribution in [0.4, 0.5) is 5.69 Å². The van der Waals surface area contributed by atoms with Crippen LogP contribution in [-0.4, -0.2) is 23.9 Å². The summed E-state index contributed by atoms with van der Waals surface area (Å²) in [4.78, 5) is 16.5. The lowest BCUT2D eigenvalue weighted by Gasteiger charge is -2.09. The van der Waals surface area contributed by atoms with Crippen molar-refractivity contribution in [3.63, 3.8) is 0 Å². The van der Waals surface area contributed by atoms with Gasteiger partial charge < -0.3 is 5.32 Å². The number of imidazole rings is 1. The van der Waals surface area contributed by atoms with Gasteiger partial charge in [0.2, 0.25) is 10.0 Å². The van der Waals surface area contributed by atoms with Gasteiger partial charge in [0.25, 0.3) is 5.91 Å². The van der Waals surface area contributed by atoms with Crippen LogP contribution in [0.1, 0.15) is 16.1 Å². The SMILES string of the molecule is NS(=O)(=O)Cc1ccc(NC(=O)c2cncn2-c2ccccc2)cc1. The van der Waals surface area contributed by atoms with Crippen LogP contribution in [-0.2, 0) is 15.8 Å². The average Bonchev–Trinajstić information content (AvgIpc) is 3.06. The number of nitrogens with two attached hydrogens (primary N) is 1. The molecule has 25 heavy (non-hydrogen) atoms. The number of nitrogens with one attached hydrogen (secondary N) is 1. The number of rotatable bonds is 5. The lowest BCUT2D eigenvalue weighted by atomic mass is 10.2. The number of hydrogen-bond donors (Lipinski definition) is 2. The van der Waals surface area contributed by atoms with Crippen molar-refractivity contribution < 1.29 is 13.2 Å². The first-order chi connectivity index (χ1) is 11.9. The van der Waals surface area contributed by atoms with Crippen molar-refractivity contribution >= 4 is 21.6 Å². The van der Waals surface area contributed by atoms with E-state index in [1.165, 1.54) is 6.20 Å². The Kier molecular flexibility index (Phi) is 4.64. The van der Waals surface area contributed by atoms with Crippen molar-refractivity contribution in [1.82, 2.24) is 9.55 Å². The highest BCUT2D eigenvalue weighted by Gasteiger charge is 2.13. The minimum Gasteiger partial charge on any atom is -0.321 e. The second-order valence-corrected chi connectivity index (χ2v) is 7.06. The molecule has 0 saturated heterocycles. The van der Waals surface area contributed by atoms with Crippen LogP contribution in [0.5, 0.6) is 0 Å². The second kappa shape index (κ2) is 6.88. The number of aromatic nitrogens is 2. The molecule has 1 heterocycles. The summed E-state index contributed by atoms with van der Waals surface area (Å²) in [6.45, 7) is 0. The van der Waals surface area contributed by atoms with Gasteiger partial charge in [0.1, 0.15) is 5.69 Å². The molecule has 0 aliphatic rings. The molecule has 0 spiro atoms. The smallest absolute Gasteiger partial charge is 0.274 e. The van der Waals surface area contributed by atoms with Crippen LogP contribution < -0.4 is 10.5 Å². The van der Waals surface area contributed by atoms with E-state index < -0.39 is 10.0 Å².